The Balaban J connectivity index is 1.83. The predicted molar refractivity (Wildman–Crippen MR) is 94.5 cm³/mol. The Hall–Kier alpha value is -3.06. The lowest BCUT2D eigenvalue weighted by molar-refractivity contribution is 0.0690. The molecule has 8 heteroatoms. The highest BCUT2D eigenvalue weighted by atomic mass is 35.5. The van der Waals surface area contributed by atoms with E-state index in [1.54, 1.807) is 36.4 Å². The van der Waals surface area contributed by atoms with E-state index in [1.165, 1.54) is 0 Å². The van der Waals surface area contributed by atoms with Crippen LogP contribution in [0.4, 0.5) is 0 Å². The van der Waals surface area contributed by atoms with Crippen molar-refractivity contribution in [3.8, 4) is 11.5 Å². The number of benzene rings is 2. The summed E-state index contributed by atoms with van der Waals surface area (Å²) in [5.74, 6) is -0.243. The van der Waals surface area contributed by atoms with Crippen LogP contribution in [0, 0.1) is 0 Å². The molecule has 0 aliphatic carbocycles. The predicted octanol–water partition coefficient (Wildman–Crippen LogP) is 2.57. The first-order valence-corrected chi connectivity index (χ1v) is 8.23. The van der Waals surface area contributed by atoms with Crippen LogP contribution in [-0.2, 0) is 6.54 Å². The lowest BCUT2D eigenvalue weighted by Gasteiger charge is -2.20. The summed E-state index contributed by atoms with van der Waals surface area (Å²) in [5, 5.41) is 14.4. The Labute approximate surface area is 152 Å². The molecule has 3 aromatic rings. The molecule has 4 rings (SSSR count). The molecule has 0 amide bonds. The topological polar surface area (TPSA) is 90.7 Å². The largest absolute Gasteiger partial charge is 0.486 e. The van der Waals surface area contributed by atoms with Gasteiger partial charge in [0, 0.05) is 5.39 Å². The summed E-state index contributed by atoms with van der Waals surface area (Å²) in [6.45, 7) is 0.879. The Bertz CT molecular complexity index is 1090. The van der Waals surface area contributed by atoms with Gasteiger partial charge in [-0.1, -0.05) is 29.8 Å². The third kappa shape index (κ3) is 2.76. The van der Waals surface area contributed by atoms with Crippen LogP contribution >= 0.6 is 11.6 Å². The summed E-state index contributed by atoms with van der Waals surface area (Å²) in [6.07, 6.45) is 0. The van der Waals surface area contributed by atoms with Gasteiger partial charge in [0.2, 0.25) is 0 Å². The number of ether oxygens (including phenoxy) is 2. The average Bonchev–Trinajstić information content (AvgIpc) is 2.64. The molecule has 7 nitrogen and oxygen atoms in total. The van der Waals surface area contributed by atoms with Crippen molar-refractivity contribution in [2.24, 2.45) is 0 Å². The van der Waals surface area contributed by atoms with Gasteiger partial charge in [-0.2, -0.15) is 5.10 Å². The van der Waals surface area contributed by atoms with Gasteiger partial charge in [-0.05, 0) is 23.8 Å². The van der Waals surface area contributed by atoms with Crippen molar-refractivity contribution in [2.75, 3.05) is 13.2 Å². The van der Waals surface area contributed by atoms with Crippen LogP contribution in [0.3, 0.4) is 0 Å². The average molecular weight is 373 g/mol. The lowest BCUT2D eigenvalue weighted by atomic mass is 10.1. The fourth-order valence-corrected chi connectivity index (χ4v) is 3.22. The fraction of sp³-hybridized carbons (Fsp3) is 0.167. The quantitative estimate of drug-likeness (QED) is 0.759. The second-order valence-corrected chi connectivity index (χ2v) is 6.17. The molecule has 0 bridgehead atoms. The zero-order valence-electron chi connectivity index (χ0n) is 13.4. The molecular weight excluding hydrogens is 360 g/mol. The number of hydrogen-bond acceptors (Lipinski definition) is 5. The fourth-order valence-electron chi connectivity index (χ4n) is 2.93. The maximum Gasteiger partial charge on any atom is 0.357 e. The number of carboxylic acid groups (broad SMARTS) is 1. The van der Waals surface area contributed by atoms with Gasteiger partial charge in [0.1, 0.15) is 13.2 Å². The number of halogens is 1. The molecule has 0 saturated heterocycles. The summed E-state index contributed by atoms with van der Waals surface area (Å²) in [7, 11) is 0. The van der Waals surface area contributed by atoms with E-state index in [2.05, 4.69) is 5.10 Å². The number of fused-ring (bicyclic) bond motifs is 2. The Morgan fingerprint density at radius 2 is 1.92 bits per heavy atom. The van der Waals surface area contributed by atoms with Crippen molar-refractivity contribution in [3.05, 3.63) is 63.0 Å². The molecule has 2 heterocycles. The van der Waals surface area contributed by atoms with Crippen LogP contribution in [0.15, 0.2) is 41.2 Å². The molecule has 132 valence electrons. The first-order valence-electron chi connectivity index (χ1n) is 7.86. The SMILES string of the molecule is O=C(O)c1nn(Cc2cc(Cl)c3c(c2)OCCO3)c(=O)c2ccccc12. The highest BCUT2D eigenvalue weighted by molar-refractivity contribution is 6.32. The molecule has 0 atom stereocenters. The Morgan fingerprint density at radius 1 is 1.19 bits per heavy atom. The van der Waals surface area contributed by atoms with Crippen molar-refractivity contribution in [3.63, 3.8) is 0 Å². The number of hydrogen-bond donors (Lipinski definition) is 1. The highest BCUT2D eigenvalue weighted by Gasteiger charge is 2.19. The lowest BCUT2D eigenvalue weighted by Crippen LogP contribution is -2.26. The number of carboxylic acids is 1. The van der Waals surface area contributed by atoms with Crippen molar-refractivity contribution < 1.29 is 19.4 Å². The van der Waals surface area contributed by atoms with E-state index in [0.717, 1.165) is 4.68 Å². The summed E-state index contributed by atoms with van der Waals surface area (Å²) in [4.78, 5) is 24.2. The third-order valence-electron chi connectivity index (χ3n) is 4.06. The number of aromatic nitrogens is 2. The zero-order valence-corrected chi connectivity index (χ0v) is 14.2. The summed E-state index contributed by atoms with van der Waals surface area (Å²) in [6, 6.07) is 9.86. The van der Waals surface area contributed by atoms with Gasteiger partial charge in [0.15, 0.2) is 17.2 Å². The molecule has 1 N–H and O–H groups in total. The van der Waals surface area contributed by atoms with E-state index >= 15 is 0 Å². The Morgan fingerprint density at radius 3 is 2.69 bits per heavy atom. The molecule has 1 aliphatic rings. The van der Waals surface area contributed by atoms with Crippen LogP contribution in [-0.4, -0.2) is 34.1 Å². The molecule has 0 fully saturated rings. The van der Waals surface area contributed by atoms with Gasteiger partial charge >= 0.3 is 5.97 Å². The van der Waals surface area contributed by atoms with Crippen LogP contribution in [0.2, 0.25) is 5.02 Å². The van der Waals surface area contributed by atoms with E-state index in [0.29, 0.717) is 46.1 Å². The summed E-state index contributed by atoms with van der Waals surface area (Å²) < 4.78 is 12.1. The van der Waals surface area contributed by atoms with Gasteiger partial charge in [-0.3, -0.25) is 4.79 Å². The van der Waals surface area contributed by atoms with Crippen LogP contribution < -0.4 is 15.0 Å². The Kier molecular flexibility index (Phi) is 4.00. The smallest absolute Gasteiger partial charge is 0.357 e. The van der Waals surface area contributed by atoms with Crippen molar-refractivity contribution in [1.29, 1.82) is 0 Å². The number of aromatic carboxylic acids is 1. The second kappa shape index (κ2) is 6.34. The van der Waals surface area contributed by atoms with E-state index < -0.39 is 5.97 Å². The van der Waals surface area contributed by atoms with Gasteiger partial charge in [-0.15, -0.1) is 0 Å². The highest BCUT2D eigenvalue weighted by Crippen LogP contribution is 2.38. The molecule has 1 aliphatic heterocycles. The minimum Gasteiger partial charge on any atom is -0.486 e. The number of rotatable bonds is 3. The molecule has 0 spiro atoms. The van der Waals surface area contributed by atoms with E-state index in [1.807, 2.05) is 0 Å². The molecular formula is C18H13ClN2O5. The normalized spacial score (nSPS) is 13.0. The summed E-state index contributed by atoms with van der Waals surface area (Å²) in [5.41, 5.74) is 0.0981. The van der Waals surface area contributed by atoms with Gasteiger partial charge < -0.3 is 14.6 Å². The molecule has 2 aromatic carbocycles. The van der Waals surface area contributed by atoms with Gasteiger partial charge in [0.25, 0.3) is 5.56 Å². The maximum atomic E-state index is 12.7. The van der Waals surface area contributed by atoms with E-state index in [-0.39, 0.29) is 17.8 Å². The molecule has 0 saturated carbocycles. The van der Waals surface area contributed by atoms with E-state index in [4.69, 9.17) is 21.1 Å². The molecule has 1 aromatic heterocycles. The van der Waals surface area contributed by atoms with Crippen LogP contribution in [0.25, 0.3) is 10.8 Å². The molecule has 26 heavy (non-hydrogen) atoms. The standard InChI is InChI=1S/C18H13ClN2O5/c19-13-7-10(8-14-16(13)26-6-5-25-14)9-21-17(22)12-4-2-1-3-11(12)15(20-21)18(23)24/h1-4,7-8H,5-6,9H2,(H,23,24). The van der Waals surface area contributed by atoms with Crippen LogP contribution in [0.1, 0.15) is 16.1 Å². The second-order valence-electron chi connectivity index (χ2n) is 5.76. The monoisotopic (exact) mass is 372 g/mol. The minimum absolute atomic E-state index is 0.0559. The first kappa shape index (κ1) is 16.4. The van der Waals surface area contributed by atoms with Crippen molar-refractivity contribution in [1.82, 2.24) is 9.78 Å². The molecule has 0 unspecified atom stereocenters. The molecule has 0 radical (unpaired) electrons. The van der Waals surface area contributed by atoms with Crippen LogP contribution in [0.5, 0.6) is 11.5 Å². The first-order chi connectivity index (χ1) is 12.5. The number of nitrogens with zero attached hydrogens (tertiary/aromatic N) is 2. The van der Waals surface area contributed by atoms with Crippen molar-refractivity contribution in [2.45, 2.75) is 6.54 Å². The van der Waals surface area contributed by atoms with Gasteiger partial charge in [0.05, 0.1) is 17.0 Å². The van der Waals surface area contributed by atoms with Gasteiger partial charge in [-0.25, -0.2) is 9.48 Å². The maximum absolute atomic E-state index is 12.7. The summed E-state index contributed by atoms with van der Waals surface area (Å²) >= 11 is 6.22. The zero-order chi connectivity index (χ0) is 18.3. The van der Waals surface area contributed by atoms with Crippen molar-refractivity contribution >= 4 is 28.3 Å². The van der Waals surface area contributed by atoms with E-state index in [9.17, 15) is 14.7 Å². The minimum atomic E-state index is -1.20. The third-order valence-corrected chi connectivity index (χ3v) is 4.34. The number of carbonyl (C=O) groups is 1.